The highest BCUT2D eigenvalue weighted by atomic mass is 32.2. The van der Waals surface area contributed by atoms with E-state index < -0.39 is 0 Å². The topological polar surface area (TPSA) is 81.4 Å². The van der Waals surface area contributed by atoms with Gasteiger partial charge >= 0.3 is 0 Å². The van der Waals surface area contributed by atoms with Gasteiger partial charge in [-0.25, -0.2) is 14.5 Å². The highest BCUT2D eigenvalue weighted by molar-refractivity contribution is 8.00. The first kappa shape index (κ1) is 17.3. The van der Waals surface area contributed by atoms with Gasteiger partial charge < -0.3 is 10.1 Å². The number of anilines is 1. The molecule has 2 aromatic carbocycles. The highest BCUT2D eigenvalue weighted by Gasteiger charge is 2.19. The first-order chi connectivity index (χ1) is 13.2. The van der Waals surface area contributed by atoms with Crippen LogP contribution in [-0.2, 0) is 4.79 Å². The molecule has 4 rings (SSSR count). The van der Waals surface area contributed by atoms with Gasteiger partial charge in [0.15, 0.2) is 5.65 Å². The van der Waals surface area contributed by atoms with E-state index in [0.29, 0.717) is 16.6 Å². The summed E-state index contributed by atoms with van der Waals surface area (Å²) in [7, 11) is 1.57. The Kier molecular flexibility index (Phi) is 4.64. The van der Waals surface area contributed by atoms with Crippen molar-refractivity contribution < 1.29 is 9.53 Å². The van der Waals surface area contributed by atoms with Crippen molar-refractivity contribution in [3.05, 3.63) is 54.9 Å². The summed E-state index contributed by atoms with van der Waals surface area (Å²) in [5.41, 5.74) is 2.21. The molecule has 2 heterocycles. The fraction of sp³-hybridized carbons (Fsp3) is 0.158. The molecule has 136 valence electrons. The van der Waals surface area contributed by atoms with Crippen LogP contribution in [0.2, 0.25) is 0 Å². The summed E-state index contributed by atoms with van der Waals surface area (Å²) < 4.78 is 6.90. The van der Waals surface area contributed by atoms with Gasteiger partial charge in [0.2, 0.25) is 11.1 Å². The molecule has 1 N–H and O–H groups in total. The molecular weight excluding hydrogens is 362 g/mol. The maximum atomic E-state index is 12.6. The largest absolute Gasteiger partial charge is 0.495 e. The molecule has 1 amide bonds. The van der Waals surface area contributed by atoms with E-state index >= 15 is 0 Å². The van der Waals surface area contributed by atoms with Crippen LogP contribution in [0.5, 0.6) is 5.75 Å². The zero-order valence-electron chi connectivity index (χ0n) is 14.8. The predicted octanol–water partition coefficient (Wildman–Crippen LogP) is 3.41. The SMILES string of the molecule is COc1ccccc1NC(=O)C(C)Sc1nc2c3ccccc3ncn2n1. The van der Waals surface area contributed by atoms with Gasteiger partial charge in [0.05, 0.1) is 23.6 Å². The number of nitrogens with zero attached hydrogens (tertiary/aromatic N) is 4. The monoisotopic (exact) mass is 379 g/mol. The van der Waals surface area contributed by atoms with Crippen LogP contribution in [0, 0.1) is 0 Å². The van der Waals surface area contributed by atoms with Crippen LogP contribution < -0.4 is 10.1 Å². The number of hydrogen-bond donors (Lipinski definition) is 1. The molecule has 1 atom stereocenters. The number of benzene rings is 2. The average molecular weight is 379 g/mol. The Bertz CT molecular complexity index is 1130. The lowest BCUT2D eigenvalue weighted by Gasteiger charge is -2.12. The molecule has 0 saturated heterocycles. The van der Waals surface area contributed by atoms with Gasteiger partial charge in [-0.15, -0.1) is 5.10 Å². The maximum absolute atomic E-state index is 12.6. The van der Waals surface area contributed by atoms with E-state index in [2.05, 4.69) is 20.4 Å². The van der Waals surface area contributed by atoms with Gasteiger partial charge in [-0.05, 0) is 31.2 Å². The van der Waals surface area contributed by atoms with E-state index in [1.54, 1.807) is 30.1 Å². The molecule has 27 heavy (non-hydrogen) atoms. The second-order valence-corrected chi connectivity index (χ2v) is 7.18. The number of ether oxygens (including phenoxy) is 1. The number of carbonyl (C=O) groups excluding carboxylic acids is 1. The molecule has 2 aromatic heterocycles. The number of fused-ring (bicyclic) bond motifs is 3. The minimum Gasteiger partial charge on any atom is -0.495 e. The quantitative estimate of drug-likeness (QED) is 0.535. The first-order valence-electron chi connectivity index (χ1n) is 8.36. The Hall–Kier alpha value is -3.13. The molecule has 0 bridgehead atoms. The number of methoxy groups -OCH3 is 1. The summed E-state index contributed by atoms with van der Waals surface area (Å²) in [6, 6.07) is 15.1. The predicted molar refractivity (Wildman–Crippen MR) is 105 cm³/mol. The van der Waals surface area contributed by atoms with Crippen LogP contribution in [0.1, 0.15) is 6.92 Å². The van der Waals surface area contributed by atoms with Crippen molar-refractivity contribution in [2.24, 2.45) is 0 Å². The number of para-hydroxylation sites is 3. The van der Waals surface area contributed by atoms with E-state index in [0.717, 1.165) is 16.6 Å². The van der Waals surface area contributed by atoms with E-state index in [9.17, 15) is 4.79 Å². The number of carbonyl (C=O) groups is 1. The second kappa shape index (κ2) is 7.24. The van der Waals surface area contributed by atoms with Crippen LogP contribution in [0.25, 0.3) is 16.6 Å². The van der Waals surface area contributed by atoms with Crippen LogP contribution in [0.4, 0.5) is 5.69 Å². The van der Waals surface area contributed by atoms with Gasteiger partial charge in [-0.2, -0.15) is 0 Å². The summed E-state index contributed by atoms with van der Waals surface area (Å²) in [6.07, 6.45) is 1.63. The number of nitrogens with one attached hydrogen (secondary N) is 1. The Morgan fingerprint density at radius 2 is 1.96 bits per heavy atom. The number of aromatic nitrogens is 4. The van der Waals surface area contributed by atoms with Gasteiger partial charge in [0, 0.05) is 5.39 Å². The third kappa shape index (κ3) is 3.43. The summed E-state index contributed by atoms with van der Waals surface area (Å²) >= 11 is 1.29. The third-order valence-electron chi connectivity index (χ3n) is 4.08. The van der Waals surface area contributed by atoms with Crippen LogP contribution in [-0.4, -0.2) is 37.8 Å². The highest BCUT2D eigenvalue weighted by Crippen LogP contribution is 2.27. The zero-order chi connectivity index (χ0) is 18.8. The van der Waals surface area contributed by atoms with Crippen LogP contribution in [0.3, 0.4) is 0 Å². The molecule has 0 aliphatic heterocycles. The van der Waals surface area contributed by atoms with Crippen molar-refractivity contribution in [2.75, 3.05) is 12.4 Å². The summed E-state index contributed by atoms with van der Waals surface area (Å²) in [5, 5.41) is 8.38. The molecule has 1 unspecified atom stereocenters. The third-order valence-corrected chi connectivity index (χ3v) is 5.03. The molecule has 0 aliphatic carbocycles. The second-order valence-electron chi connectivity index (χ2n) is 5.87. The maximum Gasteiger partial charge on any atom is 0.237 e. The zero-order valence-corrected chi connectivity index (χ0v) is 15.6. The van der Waals surface area contributed by atoms with Gasteiger partial charge in [0.1, 0.15) is 12.1 Å². The Labute approximate surface area is 159 Å². The van der Waals surface area contributed by atoms with Gasteiger partial charge in [-0.3, -0.25) is 4.79 Å². The van der Waals surface area contributed by atoms with Crippen molar-refractivity contribution in [3.63, 3.8) is 0 Å². The van der Waals surface area contributed by atoms with Crippen LogP contribution in [0.15, 0.2) is 60.0 Å². The van der Waals surface area contributed by atoms with E-state index in [-0.39, 0.29) is 11.2 Å². The number of rotatable bonds is 5. The van der Waals surface area contributed by atoms with Crippen molar-refractivity contribution in [1.29, 1.82) is 0 Å². The lowest BCUT2D eigenvalue weighted by atomic mass is 10.2. The van der Waals surface area contributed by atoms with Crippen molar-refractivity contribution in [1.82, 2.24) is 19.6 Å². The molecule has 0 fully saturated rings. The van der Waals surface area contributed by atoms with Crippen molar-refractivity contribution in [3.8, 4) is 5.75 Å². The lowest BCUT2D eigenvalue weighted by Crippen LogP contribution is -2.22. The number of thioether (sulfide) groups is 1. The Morgan fingerprint density at radius 1 is 1.19 bits per heavy atom. The van der Waals surface area contributed by atoms with Crippen molar-refractivity contribution in [2.45, 2.75) is 17.3 Å². The fourth-order valence-corrected chi connectivity index (χ4v) is 3.46. The molecule has 0 saturated carbocycles. The average Bonchev–Trinajstić information content (AvgIpc) is 3.11. The molecule has 8 heteroatoms. The smallest absolute Gasteiger partial charge is 0.237 e. The van der Waals surface area contributed by atoms with Gasteiger partial charge in [0.25, 0.3) is 0 Å². The fourth-order valence-electron chi connectivity index (χ4n) is 2.70. The molecule has 4 aromatic rings. The number of hydrogen-bond acceptors (Lipinski definition) is 6. The molecule has 0 aliphatic rings. The Balaban J connectivity index is 1.54. The van der Waals surface area contributed by atoms with E-state index in [4.69, 9.17) is 4.74 Å². The number of amides is 1. The minimum atomic E-state index is -0.383. The molecular formula is C19H17N5O2S. The minimum absolute atomic E-state index is 0.147. The lowest BCUT2D eigenvalue weighted by molar-refractivity contribution is -0.115. The first-order valence-corrected chi connectivity index (χ1v) is 9.24. The van der Waals surface area contributed by atoms with E-state index in [1.165, 1.54) is 11.8 Å². The molecule has 0 radical (unpaired) electrons. The molecule has 0 spiro atoms. The molecule has 7 nitrogen and oxygen atoms in total. The van der Waals surface area contributed by atoms with Crippen molar-refractivity contribution >= 4 is 39.9 Å². The summed E-state index contributed by atoms with van der Waals surface area (Å²) in [4.78, 5) is 21.5. The normalized spacial score (nSPS) is 12.2. The van der Waals surface area contributed by atoms with Crippen LogP contribution >= 0.6 is 11.8 Å². The summed E-state index contributed by atoms with van der Waals surface area (Å²) in [5.74, 6) is 0.470. The van der Waals surface area contributed by atoms with Gasteiger partial charge in [-0.1, -0.05) is 36.0 Å². The van der Waals surface area contributed by atoms with E-state index in [1.807, 2.05) is 43.3 Å². The standard InChI is InChI=1S/C19H17N5O2S/c1-12(18(25)21-15-9-5-6-10-16(15)26-2)27-19-22-17-13-7-3-4-8-14(13)20-11-24(17)23-19/h3-12H,1-2H3,(H,21,25). The summed E-state index contributed by atoms with van der Waals surface area (Å²) in [6.45, 7) is 1.82. The Morgan fingerprint density at radius 3 is 2.81 bits per heavy atom.